The molecule has 5 heteroatoms. The Labute approximate surface area is 119 Å². The summed E-state index contributed by atoms with van der Waals surface area (Å²) in [5, 5.41) is 0. The van der Waals surface area contributed by atoms with Gasteiger partial charge in [0.1, 0.15) is 5.75 Å². The number of nitrogens with one attached hydrogen (secondary N) is 1. The number of ether oxygens (including phenoxy) is 1. The first-order valence-corrected chi connectivity index (χ1v) is 6.49. The van der Waals surface area contributed by atoms with Crippen LogP contribution in [0.2, 0.25) is 0 Å². The zero-order valence-corrected chi connectivity index (χ0v) is 12.3. The Bertz CT molecular complexity index is 588. The number of aromatic nitrogens is 2. The molecule has 0 spiro atoms. The third-order valence-corrected chi connectivity index (χ3v) is 2.90. The number of anilines is 1. The summed E-state index contributed by atoms with van der Waals surface area (Å²) in [4.78, 5) is 8.26. The molecule has 0 unspecified atom stereocenters. The Hall–Kier alpha value is -2.14. The lowest BCUT2D eigenvalue weighted by molar-refractivity contribution is 0.460. The van der Waals surface area contributed by atoms with Gasteiger partial charge in [0.25, 0.3) is 0 Å². The molecule has 0 aliphatic carbocycles. The largest absolute Gasteiger partial charge is 0.439 e. The first-order valence-electron chi connectivity index (χ1n) is 6.49. The van der Waals surface area contributed by atoms with Crippen LogP contribution in [0.4, 0.5) is 5.95 Å². The fraction of sp³-hybridized carbons (Fsp3) is 0.333. The van der Waals surface area contributed by atoms with E-state index < -0.39 is 0 Å². The summed E-state index contributed by atoms with van der Waals surface area (Å²) in [7, 11) is 0. The van der Waals surface area contributed by atoms with Crippen LogP contribution in [0.3, 0.4) is 0 Å². The molecule has 2 rings (SSSR count). The fourth-order valence-electron chi connectivity index (χ4n) is 1.80. The molecule has 0 radical (unpaired) electrons. The van der Waals surface area contributed by atoms with Gasteiger partial charge in [0, 0.05) is 11.8 Å². The Balaban J connectivity index is 2.20. The molecule has 0 fully saturated rings. The van der Waals surface area contributed by atoms with Crippen LogP contribution >= 0.6 is 0 Å². The first-order chi connectivity index (χ1) is 9.38. The molecule has 0 saturated heterocycles. The van der Waals surface area contributed by atoms with Crippen molar-refractivity contribution in [3.8, 4) is 11.6 Å². The standard InChI is InChI=1S/C15H20N4O/c1-10-9-13(18-14(17-10)19-16)20-12-7-5-11(6-8-12)15(2,3)4/h5-9H,16H2,1-4H3,(H,17,18,19). The van der Waals surface area contributed by atoms with Crippen molar-refractivity contribution in [3.63, 3.8) is 0 Å². The lowest BCUT2D eigenvalue weighted by Crippen LogP contribution is -2.11. The van der Waals surface area contributed by atoms with E-state index in [1.165, 1.54) is 5.56 Å². The predicted molar refractivity (Wildman–Crippen MR) is 79.8 cm³/mol. The highest BCUT2D eigenvalue weighted by Crippen LogP contribution is 2.26. The van der Waals surface area contributed by atoms with E-state index in [1.54, 1.807) is 6.07 Å². The maximum atomic E-state index is 5.72. The second-order valence-corrected chi connectivity index (χ2v) is 5.69. The molecule has 0 saturated carbocycles. The minimum absolute atomic E-state index is 0.126. The minimum Gasteiger partial charge on any atom is -0.439 e. The number of nitrogens with zero attached hydrogens (tertiary/aromatic N) is 2. The topological polar surface area (TPSA) is 73.1 Å². The highest BCUT2D eigenvalue weighted by molar-refractivity contribution is 5.35. The highest BCUT2D eigenvalue weighted by Gasteiger charge is 2.13. The molecule has 1 aromatic carbocycles. The molecule has 1 aromatic heterocycles. The first kappa shape index (κ1) is 14.3. The van der Waals surface area contributed by atoms with E-state index in [0.717, 1.165) is 11.4 Å². The number of hydrazine groups is 1. The number of aryl methyl sites for hydroxylation is 1. The van der Waals surface area contributed by atoms with Gasteiger partial charge in [-0.05, 0) is 30.0 Å². The summed E-state index contributed by atoms with van der Waals surface area (Å²) in [5.41, 5.74) is 4.59. The second-order valence-electron chi connectivity index (χ2n) is 5.69. The molecule has 3 N–H and O–H groups in total. The zero-order chi connectivity index (χ0) is 14.8. The van der Waals surface area contributed by atoms with Crippen molar-refractivity contribution >= 4 is 5.95 Å². The molecule has 0 bridgehead atoms. The van der Waals surface area contributed by atoms with Gasteiger partial charge >= 0.3 is 0 Å². The van der Waals surface area contributed by atoms with E-state index in [9.17, 15) is 0 Å². The van der Waals surface area contributed by atoms with Gasteiger partial charge in [-0.2, -0.15) is 4.98 Å². The van der Waals surface area contributed by atoms with Crippen LogP contribution < -0.4 is 16.0 Å². The van der Waals surface area contributed by atoms with Crippen LogP contribution in [0.25, 0.3) is 0 Å². The third kappa shape index (κ3) is 3.45. The molecule has 0 amide bonds. The molecule has 20 heavy (non-hydrogen) atoms. The number of hydrogen-bond acceptors (Lipinski definition) is 5. The van der Waals surface area contributed by atoms with Crippen LogP contribution in [0.15, 0.2) is 30.3 Å². The third-order valence-electron chi connectivity index (χ3n) is 2.90. The van der Waals surface area contributed by atoms with E-state index in [-0.39, 0.29) is 5.41 Å². The average Bonchev–Trinajstić information content (AvgIpc) is 2.37. The van der Waals surface area contributed by atoms with E-state index in [4.69, 9.17) is 10.6 Å². The van der Waals surface area contributed by atoms with Gasteiger partial charge in [-0.25, -0.2) is 10.8 Å². The molecular weight excluding hydrogens is 252 g/mol. The van der Waals surface area contributed by atoms with E-state index in [0.29, 0.717) is 11.8 Å². The Morgan fingerprint density at radius 2 is 1.75 bits per heavy atom. The molecule has 0 atom stereocenters. The molecule has 106 valence electrons. The fourth-order valence-corrected chi connectivity index (χ4v) is 1.80. The Kier molecular flexibility index (Phi) is 3.90. The van der Waals surface area contributed by atoms with Crippen molar-refractivity contribution in [1.82, 2.24) is 9.97 Å². The summed E-state index contributed by atoms with van der Waals surface area (Å²) in [6.45, 7) is 8.39. The van der Waals surface area contributed by atoms with Crippen molar-refractivity contribution in [3.05, 3.63) is 41.6 Å². The van der Waals surface area contributed by atoms with Crippen LogP contribution in [0.5, 0.6) is 11.6 Å². The maximum Gasteiger partial charge on any atom is 0.240 e. The SMILES string of the molecule is Cc1cc(Oc2ccc(C(C)(C)C)cc2)nc(NN)n1. The van der Waals surface area contributed by atoms with Gasteiger partial charge < -0.3 is 4.74 Å². The minimum atomic E-state index is 0.126. The van der Waals surface area contributed by atoms with Crippen molar-refractivity contribution in [2.24, 2.45) is 5.84 Å². The van der Waals surface area contributed by atoms with Crippen molar-refractivity contribution < 1.29 is 4.74 Å². The summed E-state index contributed by atoms with van der Waals surface area (Å²) in [5.74, 6) is 6.86. The lowest BCUT2D eigenvalue weighted by atomic mass is 9.87. The smallest absolute Gasteiger partial charge is 0.240 e. The van der Waals surface area contributed by atoms with E-state index >= 15 is 0 Å². The van der Waals surface area contributed by atoms with Gasteiger partial charge in [-0.1, -0.05) is 32.9 Å². The van der Waals surface area contributed by atoms with Gasteiger partial charge in [-0.15, -0.1) is 0 Å². The summed E-state index contributed by atoms with van der Waals surface area (Å²) >= 11 is 0. The number of rotatable bonds is 3. The van der Waals surface area contributed by atoms with Crippen molar-refractivity contribution in [2.75, 3.05) is 5.43 Å². The average molecular weight is 272 g/mol. The van der Waals surface area contributed by atoms with Crippen LogP contribution in [-0.4, -0.2) is 9.97 Å². The number of benzene rings is 1. The van der Waals surface area contributed by atoms with Gasteiger partial charge in [0.05, 0.1) is 0 Å². The number of nitrogen functional groups attached to an aromatic ring is 1. The van der Waals surface area contributed by atoms with E-state index in [1.807, 2.05) is 19.1 Å². The van der Waals surface area contributed by atoms with Crippen LogP contribution in [0, 0.1) is 6.92 Å². The normalized spacial score (nSPS) is 11.2. The molecule has 5 nitrogen and oxygen atoms in total. The summed E-state index contributed by atoms with van der Waals surface area (Å²) < 4.78 is 5.72. The van der Waals surface area contributed by atoms with Gasteiger partial charge in [0.15, 0.2) is 0 Å². The number of hydrogen-bond donors (Lipinski definition) is 2. The van der Waals surface area contributed by atoms with Crippen LogP contribution in [0.1, 0.15) is 32.0 Å². The molecule has 0 aliphatic heterocycles. The number of nitrogens with two attached hydrogens (primary N) is 1. The predicted octanol–water partition coefficient (Wildman–Crippen LogP) is 3.16. The van der Waals surface area contributed by atoms with E-state index in [2.05, 4.69) is 48.3 Å². The monoisotopic (exact) mass is 272 g/mol. The Morgan fingerprint density at radius 1 is 1.10 bits per heavy atom. The zero-order valence-electron chi connectivity index (χ0n) is 12.3. The van der Waals surface area contributed by atoms with Crippen molar-refractivity contribution in [2.45, 2.75) is 33.1 Å². The lowest BCUT2D eigenvalue weighted by Gasteiger charge is -2.19. The molecule has 0 aliphatic rings. The van der Waals surface area contributed by atoms with Crippen LogP contribution in [-0.2, 0) is 5.41 Å². The molecular formula is C15H20N4O. The maximum absolute atomic E-state index is 5.72. The Morgan fingerprint density at radius 3 is 2.30 bits per heavy atom. The summed E-state index contributed by atoms with van der Waals surface area (Å²) in [6, 6.07) is 9.76. The van der Waals surface area contributed by atoms with Gasteiger partial charge in [-0.3, -0.25) is 5.43 Å². The summed E-state index contributed by atoms with van der Waals surface area (Å²) in [6.07, 6.45) is 0. The quantitative estimate of drug-likeness (QED) is 0.663. The highest BCUT2D eigenvalue weighted by atomic mass is 16.5. The molecule has 1 heterocycles. The second kappa shape index (κ2) is 5.46. The van der Waals surface area contributed by atoms with Crippen molar-refractivity contribution in [1.29, 1.82) is 0 Å². The van der Waals surface area contributed by atoms with Gasteiger partial charge in [0.2, 0.25) is 11.8 Å². The molecule has 2 aromatic rings.